The van der Waals surface area contributed by atoms with Gasteiger partial charge in [0.1, 0.15) is 23.7 Å². The van der Waals surface area contributed by atoms with Crippen molar-refractivity contribution in [2.24, 2.45) is 11.8 Å². The Bertz CT molecular complexity index is 472. The van der Waals surface area contributed by atoms with Gasteiger partial charge in [0.25, 0.3) is 0 Å². The van der Waals surface area contributed by atoms with E-state index >= 15 is 0 Å². The van der Waals surface area contributed by atoms with E-state index in [1.807, 2.05) is 19.1 Å². The van der Waals surface area contributed by atoms with Crippen LogP contribution in [0.15, 0.2) is 12.2 Å². The van der Waals surface area contributed by atoms with Crippen LogP contribution in [0.4, 0.5) is 0 Å². The molecule has 0 radical (unpaired) electrons. The highest BCUT2D eigenvalue weighted by Crippen LogP contribution is 2.44. The molecule has 1 saturated carbocycles. The lowest BCUT2D eigenvalue weighted by Gasteiger charge is -2.26. The maximum atomic E-state index is 12.5. The minimum Gasteiger partial charge on any atom is -0.459 e. The molecule has 1 aliphatic heterocycles. The van der Waals surface area contributed by atoms with Crippen molar-refractivity contribution in [1.82, 2.24) is 0 Å². The van der Waals surface area contributed by atoms with Gasteiger partial charge in [0.05, 0.1) is 0 Å². The molecule has 0 N–H and O–H groups in total. The molecule has 1 saturated heterocycles. The Morgan fingerprint density at radius 3 is 2.43 bits per heavy atom. The molecule has 0 aromatic rings. The number of carbonyl (C=O) groups is 2. The van der Waals surface area contributed by atoms with E-state index in [4.69, 9.17) is 14.2 Å². The molecule has 0 aromatic heterocycles. The third-order valence-corrected chi connectivity index (χ3v) is 3.56. The topological polar surface area (TPSA) is 61.8 Å². The quantitative estimate of drug-likeness (QED) is 0.444. The Labute approximate surface area is 125 Å². The predicted molar refractivity (Wildman–Crippen MR) is 76.5 cm³/mol. The third kappa shape index (κ3) is 3.19. The molecular formula is C16H24O5. The number of allylic oxidation sites excluding steroid dienone is 1. The second-order valence-electron chi connectivity index (χ2n) is 7.04. The minimum atomic E-state index is -0.855. The van der Waals surface area contributed by atoms with Crippen molar-refractivity contribution in [3.63, 3.8) is 0 Å². The Morgan fingerprint density at radius 1 is 1.29 bits per heavy atom. The first-order valence-corrected chi connectivity index (χ1v) is 7.31. The summed E-state index contributed by atoms with van der Waals surface area (Å²) in [6.45, 7) is 10.7. The van der Waals surface area contributed by atoms with Crippen molar-refractivity contribution in [2.45, 2.75) is 65.1 Å². The molecule has 21 heavy (non-hydrogen) atoms. The maximum absolute atomic E-state index is 12.5. The smallest absolute Gasteiger partial charge is 0.317 e. The molecule has 0 amide bonds. The van der Waals surface area contributed by atoms with Gasteiger partial charge in [0, 0.05) is 5.92 Å². The Morgan fingerprint density at radius 2 is 1.90 bits per heavy atom. The standard InChI is InChI=1S/C16H24O5/c1-7-8-9-10(14(18)21-15(2,3)4)11(17)13-12(9)19-16(5,6)20-13/h7-10,12-13H,1-6H3/b8-7+/t9-,10-,12-,13+/m0/s1. The van der Waals surface area contributed by atoms with Crippen LogP contribution in [0, 0.1) is 11.8 Å². The Balaban J connectivity index is 2.27. The SMILES string of the molecule is C/C=C/[C@H]1[C@H](C(=O)OC(C)(C)C)C(=O)[C@H]2OC(C)(C)O[C@@H]12. The van der Waals surface area contributed by atoms with Crippen molar-refractivity contribution in [3.8, 4) is 0 Å². The van der Waals surface area contributed by atoms with Gasteiger partial charge < -0.3 is 14.2 Å². The zero-order chi connectivity index (χ0) is 16.0. The van der Waals surface area contributed by atoms with Crippen molar-refractivity contribution in [3.05, 3.63) is 12.2 Å². The summed E-state index contributed by atoms with van der Waals surface area (Å²) in [5, 5.41) is 0. The molecular weight excluding hydrogens is 272 g/mol. The van der Waals surface area contributed by atoms with Crippen LogP contribution in [0.5, 0.6) is 0 Å². The molecule has 2 fully saturated rings. The van der Waals surface area contributed by atoms with Gasteiger partial charge in [-0.05, 0) is 41.5 Å². The van der Waals surface area contributed by atoms with E-state index < -0.39 is 35.5 Å². The van der Waals surface area contributed by atoms with Gasteiger partial charge in [-0.2, -0.15) is 0 Å². The number of esters is 1. The molecule has 5 nitrogen and oxygen atoms in total. The van der Waals surface area contributed by atoms with Crippen LogP contribution in [-0.2, 0) is 23.8 Å². The summed E-state index contributed by atoms with van der Waals surface area (Å²) in [5.41, 5.74) is -0.628. The minimum absolute atomic E-state index is 0.247. The average Bonchev–Trinajstić information content (AvgIpc) is 2.72. The highest BCUT2D eigenvalue weighted by Gasteiger charge is 2.60. The van der Waals surface area contributed by atoms with Crippen LogP contribution < -0.4 is 0 Å². The molecule has 2 rings (SSSR count). The Kier molecular flexibility index (Phi) is 4.02. The highest BCUT2D eigenvalue weighted by atomic mass is 16.8. The van der Waals surface area contributed by atoms with Crippen molar-refractivity contribution in [2.75, 3.05) is 0 Å². The number of ether oxygens (including phenoxy) is 3. The lowest BCUT2D eigenvalue weighted by Crippen LogP contribution is -2.37. The second-order valence-corrected chi connectivity index (χ2v) is 7.04. The molecule has 0 aromatic carbocycles. The number of fused-ring (bicyclic) bond motifs is 1. The highest BCUT2D eigenvalue weighted by molar-refractivity contribution is 6.04. The van der Waals surface area contributed by atoms with Gasteiger partial charge in [0.2, 0.25) is 0 Å². The normalized spacial score (nSPS) is 35.2. The maximum Gasteiger partial charge on any atom is 0.317 e. The fourth-order valence-corrected chi connectivity index (χ4v) is 2.93. The molecule has 1 aliphatic carbocycles. The van der Waals surface area contributed by atoms with Crippen LogP contribution in [0.1, 0.15) is 41.5 Å². The zero-order valence-electron chi connectivity index (χ0n) is 13.5. The van der Waals surface area contributed by atoms with Crippen LogP contribution in [-0.4, -0.2) is 35.3 Å². The lowest BCUT2D eigenvalue weighted by atomic mass is 9.93. The van der Waals surface area contributed by atoms with Gasteiger partial charge in [-0.25, -0.2) is 0 Å². The molecule has 118 valence electrons. The molecule has 0 bridgehead atoms. The van der Waals surface area contributed by atoms with Gasteiger partial charge in [-0.15, -0.1) is 0 Å². The average molecular weight is 296 g/mol. The van der Waals surface area contributed by atoms with E-state index in [0.29, 0.717) is 0 Å². The van der Waals surface area contributed by atoms with Gasteiger partial charge in [0.15, 0.2) is 11.6 Å². The summed E-state index contributed by atoms with van der Waals surface area (Å²) < 4.78 is 16.9. The molecule has 0 unspecified atom stereocenters. The summed E-state index contributed by atoms with van der Waals surface area (Å²) in [4.78, 5) is 24.9. The fraction of sp³-hybridized carbons (Fsp3) is 0.750. The number of hydrogen-bond acceptors (Lipinski definition) is 5. The summed E-state index contributed by atoms with van der Waals surface area (Å²) in [7, 11) is 0. The first-order valence-electron chi connectivity index (χ1n) is 7.31. The fourth-order valence-electron chi connectivity index (χ4n) is 2.93. The summed E-state index contributed by atoms with van der Waals surface area (Å²) >= 11 is 0. The van der Waals surface area contributed by atoms with Crippen LogP contribution >= 0.6 is 0 Å². The van der Waals surface area contributed by atoms with Crippen molar-refractivity contribution >= 4 is 11.8 Å². The first-order chi connectivity index (χ1) is 9.56. The zero-order valence-corrected chi connectivity index (χ0v) is 13.5. The van der Waals surface area contributed by atoms with E-state index in [1.54, 1.807) is 34.6 Å². The monoisotopic (exact) mass is 296 g/mol. The van der Waals surface area contributed by atoms with Gasteiger partial charge in [-0.1, -0.05) is 12.2 Å². The van der Waals surface area contributed by atoms with Crippen LogP contribution in [0.2, 0.25) is 0 Å². The summed E-state index contributed by atoms with van der Waals surface area (Å²) in [6.07, 6.45) is 2.54. The number of Topliss-reactive ketones (excluding diaryl/α,β-unsaturated/α-hetero) is 1. The molecule has 4 atom stereocenters. The summed E-state index contributed by atoms with van der Waals surface area (Å²) in [5.74, 6) is -2.75. The van der Waals surface area contributed by atoms with Gasteiger partial charge >= 0.3 is 5.97 Å². The first kappa shape index (κ1) is 16.2. The molecule has 5 heteroatoms. The van der Waals surface area contributed by atoms with Crippen LogP contribution in [0.25, 0.3) is 0 Å². The third-order valence-electron chi connectivity index (χ3n) is 3.56. The second kappa shape index (κ2) is 5.21. The van der Waals surface area contributed by atoms with Crippen molar-refractivity contribution in [1.29, 1.82) is 0 Å². The number of carbonyl (C=O) groups excluding carboxylic acids is 2. The van der Waals surface area contributed by atoms with E-state index in [0.717, 1.165) is 0 Å². The molecule has 0 spiro atoms. The van der Waals surface area contributed by atoms with E-state index in [-0.39, 0.29) is 11.7 Å². The van der Waals surface area contributed by atoms with E-state index in [2.05, 4.69) is 0 Å². The Hall–Kier alpha value is -1.20. The van der Waals surface area contributed by atoms with E-state index in [9.17, 15) is 9.59 Å². The lowest BCUT2D eigenvalue weighted by molar-refractivity contribution is -0.177. The van der Waals surface area contributed by atoms with E-state index in [1.165, 1.54) is 0 Å². The van der Waals surface area contributed by atoms with Crippen LogP contribution in [0.3, 0.4) is 0 Å². The molecule has 2 aliphatic rings. The van der Waals surface area contributed by atoms with Crippen molar-refractivity contribution < 1.29 is 23.8 Å². The number of hydrogen-bond donors (Lipinski definition) is 0. The largest absolute Gasteiger partial charge is 0.459 e. The number of ketones is 1. The van der Waals surface area contributed by atoms with Gasteiger partial charge in [-0.3, -0.25) is 9.59 Å². The summed E-state index contributed by atoms with van der Waals surface area (Å²) in [6, 6.07) is 0. The molecule has 1 heterocycles. The number of rotatable bonds is 2. The predicted octanol–water partition coefficient (Wildman–Crippen LogP) is 2.24.